The molecule has 3 N–H and O–H groups in total. The van der Waals surface area contributed by atoms with E-state index in [9.17, 15) is 23.2 Å². The van der Waals surface area contributed by atoms with Crippen molar-refractivity contribution >= 4 is 41.0 Å². The first-order chi connectivity index (χ1) is 17.5. The molecule has 3 heterocycles. The fourth-order valence-electron chi connectivity index (χ4n) is 5.27. The molecule has 1 aromatic rings. The molecule has 3 amide bonds. The SMILES string of the molecule is CNC(=O)C(=O)N[C@@H](C)CC1CCC2(CC1)OC(=O)NN=C2c1cnc(N2CCC(F)(F)CC2)cc1Cl. The topological polar surface area (TPSA) is 125 Å². The highest BCUT2D eigenvalue weighted by Gasteiger charge is 2.47. The Balaban J connectivity index is 1.44. The quantitative estimate of drug-likeness (QED) is 0.493. The van der Waals surface area contributed by atoms with E-state index in [-0.39, 0.29) is 37.9 Å². The molecule has 37 heavy (non-hydrogen) atoms. The van der Waals surface area contributed by atoms with E-state index in [1.54, 1.807) is 17.2 Å². The van der Waals surface area contributed by atoms with Crippen LogP contribution < -0.4 is 21.0 Å². The van der Waals surface area contributed by atoms with Gasteiger partial charge in [-0.3, -0.25) is 9.59 Å². The maximum Gasteiger partial charge on any atom is 0.428 e. The average Bonchev–Trinajstić information content (AvgIpc) is 2.85. The highest BCUT2D eigenvalue weighted by Crippen LogP contribution is 2.42. The standard InChI is InChI=1S/C24H31ClF2N6O4/c1-14(30-21(35)20(34)28-2)11-15-3-5-23(6-4-15)19(31-32-22(36)37-23)16-13-29-18(12-17(16)25)33-9-7-24(26,27)8-10-33/h12-15H,3-11H2,1-2H3,(H,28,34)(H,30,35)(H,32,36)/t14-,15?,23?/m0/s1. The van der Waals surface area contributed by atoms with Gasteiger partial charge in [-0.25, -0.2) is 24.0 Å². The number of nitrogens with zero attached hydrogens (tertiary/aromatic N) is 3. The van der Waals surface area contributed by atoms with Crippen molar-refractivity contribution in [2.24, 2.45) is 11.0 Å². The first-order valence-corrected chi connectivity index (χ1v) is 12.8. The second kappa shape index (κ2) is 10.8. The third kappa shape index (κ3) is 6.11. The van der Waals surface area contributed by atoms with Gasteiger partial charge in [0.05, 0.1) is 5.02 Å². The Kier molecular flexibility index (Phi) is 7.86. The molecule has 202 valence electrons. The highest BCUT2D eigenvalue weighted by atomic mass is 35.5. The molecule has 0 bridgehead atoms. The van der Waals surface area contributed by atoms with Crippen LogP contribution in [-0.4, -0.2) is 66.3 Å². The molecule has 13 heteroatoms. The molecule has 3 aliphatic rings. The van der Waals surface area contributed by atoms with E-state index in [1.165, 1.54) is 7.05 Å². The Morgan fingerprint density at radius 3 is 2.54 bits per heavy atom. The van der Waals surface area contributed by atoms with Gasteiger partial charge >= 0.3 is 17.9 Å². The number of halogens is 3. The van der Waals surface area contributed by atoms with Crippen LogP contribution in [0.1, 0.15) is 57.4 Å². The summed E-state index contributed by atoms with van der Waals surface area (Å²) in [6, 6.07) is 1.43. The largest absolute Gasteiger partial charge is 0.435 e. The van der Waals surface area contributed by atoms with Crippen LogP contribution >= 0.6 is 11.6 Å². The monoisotopic (exact) mass is 540 g/mol. The third-order valence-electron chi connectivity index (χ3n) is 7.30. The van der Waals surface area contributed by atoms with Crippen LogP contribution in [0.4, 0.5) is 19.4 Å². The molecule has 1 saturated heterocycles. The summed E-state index contributed by atoms with van der Waals surface area (Å²) in [5.74, 6) is -3.27. The molecule has 2 aliphatic heterocycles. The number of pyridine rings is 1. The second-order valence-corrected chi connectivity index (χ2v) is 10.4. The van der Waals surface area contributed by atoms with Gasteiger partial charge in [0, 0.05) is 50.8 Å². The predicted octanol–water partition coefficient (Wildman–Crippen LogP) is 2.98. The minimum atomic E-state index is -2.66. The zero-order chi connectivity index (χ0) is 26.8. The lowest BCUT2D eigenvalue weighted by atomic mass is 9.73. The average molecular weight is 541 g/mol. The molecule has 0 radical (unpaired) electrons. The van der Waals surface area contributed by atoms with Gasteiger partial charge < -0.3 is 20.3 Å². The van der Waals surface area contributed by atoms with Gasteiger partial charge in [-0.05, 0) is 51.0 Å². The van der Waals surface area contributed by atoms with E-state index in [2.05, 4.69) is 26.1 Å². The van der Waals surface area contributed by atoms with Crippen LogP contribution in [0.3, 0.4) is 0 Å². The normalized spacial score (nSPS) is 26.0. The molecule has 1 atom stereocenters. The first-order valence-electron chi connectivity index (χ1n) is 12.4. The number of aromatic nitrogens is 1. The molecular formula is C24H31ClF2N6O4. The van der Waals surface area contributed by atoms with Crippen LogP contribution in [-0.2, 0) is 14.3 Å². The van der Waals surface area contributed by atoms with E-state index in [0.717, 1.165) is 0 Å². The van der Waals surface area contributed by atoms with Gasteiger partial charge in [-0.15, -0.1) is 0 Å². The molecule has 10 nitrogen and oxygen atoms in total. The van der Waals surface area contributed by atoms with E-state index in [1.807, 2.05) is 6.92 Å². The number of carbonyl (C=O) groups is 3. The highest BCUT2D eigenvalue weighted by molar-refractivity contribution is 6.35. The van der Waals surface area contributed by atoms with Crippen molar-refractivity contribution in [3.63, 3.8) is 0 Å². The minimum absolute atomic E-state index is 0.184. The van der Waals surface area contributed by atoms with E-state index < -0.39 is 29.4 Å². The number of hydrogen-bond donors (Lipinski definition) is 3. The lowest BCUT2D eigenvalue weighted by Crippen LogP contribution is -2.52. The summed E-state index contributed by atoms with van der Waals surface area (Å²) < 4.78 is 32.9. The lowest BCUT2D eigenvalue weighted by molar-refractivity contribution is -0.139. The summed E-state index contributed by atoms with van der Waals surface area (Å²) in [6.07, 6.45) is 3.51. The summed E-state index contributed by atoms with van der Waals surface area (Å²) >= 11 is 6.62. The minimum Gasteiger partial charge on any atom is -0.435 e. The summed E-state index contributed by atoms with van der Waals surface area (Å²) in [5, 5.41) is 9.62. The molecular weight excluding hydrogens is 510 g/mol. The fourth-order valence-corrected chi connectivity index (χ4v) is 5.50. The van der Waals surface area contributed by atoms with Gasteiger partial charge in [0.1, 0.15) is 11.5 Å². The number of hydrazone groups is 1. The molecule has 1 aliphatic carbocycles. The van der Waals surface area contributed by atoms with Gasteiger partial charge in [-0.1, -0.05) is 11.6 Å². The Bertz CT molecular complexity index is 1080. The van der Waals surface area contributed by atoms with Crippen LogP contribution in [0.25, 0.3) is 0 Å². The van der Waals surface area contributed by atoms with Crippen molar-refractivity contribution in [3.8, 4) is 0 Å². The van der Waals surface area contributed by atoms with Gasteiger partial charge in [-0.2, -0.15) is 5.10 Å². The Labute approximate surface area is 218 Å². The maximum atomic E-state index is 13.5. The van der Waals surface area contributed by atoms with Crippen molar-refractivity contribution in [2.75, 3.05) is 25.0 Å². The number of amides is 3. The number of anilines is 1. The molecule has 2 fully saturated rings. The zero-order valence-corrected chi connectivity index (χ0v) is 21.5. The van der Waals surface area contributed by atoms with Crippen molar-refractivity contribution in [1.82, 2.24) is 21.0 Å². The number of carbonyl (C=O) groups excluding carboxylic acids is 3. The van der Waals surface area contributed by atoms with Gasteiger partial charge in [0.15, 0.2) is 5.60 Å². The Morgan fingerprint density at radius 1 is 1.24 bits per heavy atom. The number of alkyl halides is 2. The summed E-state index contributed by atoms with van der Waals surface area (Å²) in [6.45, 7) is 2.21. The van der Waals surface area contributed by atoms with Crippen molar-refractivity contribution in [1.29, 1.82) is 0 Å². The van der Waals surface area contributed by atoms with Crippen LogP contribution in [0.5, 0.6) is 0 Å². The number of ether oxygens (including phenoxy) is 1. The van der Waals surface area contributed by atoms with Crippen molar-refractivity contribution in [2.45, 2.75) is 69.4 Å². The second-order valence-electron chi connectivity index (χ2n) is 9.95. The first kappa shape index (κ1) is 27.0. The summed E-state index contributed by atoms with van der Waals surface area (Å²) in [5.41, 5.74) is 2.36. The lowest BCUT2D eigenvalue weighted by Gasteiger charge is -2.42. The number of nitrogens with one attached hydrogen (secondary N) is 3. The van der Waals surface area contributed by atoms with Gasteiger partial charge in [0.2, 0.25) is 0 Å². The van der Waals surface area contributed by atoms with Crippen LogP contribution in [0, 0.1) is 5.92 Å². The molecule has 1 saturated carbocycles. The molecule has 4 rings (SSSR count). The van der Waals surface area contributed by atoms with E-state index >= 15 is 0 Å². The molecule has 0 unspecified atom stereocenters. The zero-order valence-electron chi connectivity index (χ0n) is 20.8. The maximum absolute atomic E-state index is 13.5. The smallest absolute Gasteiger partial charge is 0.428 e. The molecule has 1 spiro atoms. The van der Waals surface area contributed by atoms with Crippen molar-refractivity contribution < 1.29 is 27.9 Å². The van der Waals surface area contributed by atoms with Crippen LogP contribution in [0.15, 0.2) is 17.4 Å². The number of rotatable bonds is 5. The fraction of sp³-hybridized carbons (Fsp3) is 0.625. The van der Waals surface area contributed by atoms with Crippen LogP contribution in [0.2, 0.25) is 5.02 Å². The summed E-state index contributed by atoms with van der Waals surface area (Å²) in [4.78, 5) is 41.7. The van der Waals surface area contributed by atoms with Gasteiger partial charge in [0.25, 0.3) is 5.92 Å². The number of hydrogen-bond acceptors (Lipinski definition) is 7. The molecule has 1 aromatic heterocycles. The number of likely N-dealkylation sites (N-methyl/N-ethyl adjacent to an activating group) is 1. The van der Waals surface area contributed by atoms with E-state index in [4.69, 9.17) is 16.3 Å². The predicted molar refractivity (Wildman–Crippen MR) is 133 cm³/mol. The number of piperidine rings is 1. The van der Waals surface area contributed by atoms with E-state index in [0.29, 0.717) is 54.2 Å². The Morgan fingerprint density at radius 2 is 1.92 bits per heavy atom. The molecule has 0 aromatic carbocycles. The Hall–Kier alpha value is -3.02. The third-order valence-corrected chi connectivity index (χ3v) is 7.61. The summed E-state index contributed by atoms with van der Waals surface area (Å²) in [7, 11) is 1.40. The van der Waals surface area contributed by atoms with Crippen molar-refractivity contribution in [3.05, 3.63) is 22.8 Å².